The van der Waals surface area contributed by atoms with Crippen LogP contribution < -0.4 is 0 Å². The molecule has 1 aromatic carbocycles. The van der Waals surface area contributed by atoms with Gasteiger partial charge in [-0.2, -0.15) is 0 Å². The van der Waals surface area contributed by atoms with Crippen LogP contribution in [-0.2, 0) is 16.0 Å². The van der Waals surface area contributed by atoms with Crippen molar-refractivity contribution >= 4 is 5.91 Å². The number of rotatable bonds is 5. The highest BCUT2D eigenvalue weighted by Gasteiger charge is 2.23. The van der Waals surface area contributed by atoms with Gasteiger partial charge in [-0.25, -0.2) is 8.78 Å². The third-order valence-corrected chi connectivity index (χ3v) is 4.00. The Hall–Kier alpha value is -1.49. The van der Waals surface area contributed by atoms with E-state index >= 15 is 0 Å². The SMILES string of the molecule is COCC(=O)N1CCC[C@@H](CCc2c(F)cccc2F)C1. The van der Waals surface area contributed by atoms with Gasteiger partial charge in [-0.3, -0.25) is 4.79 Å². The summed E-state index contributed by atoms with van der Waals surface area (Å²) in [5.74, 6) is -0.700. The molecule has 1 aliphatic heterocycles. The number of amides is 1. The third kappa shape index (κ3) is 4.24. The second-order valence-electron chi connectivity index (χ2n) is 5.52. The minimum Gasteiger partial charge on any atom is -0.375 e. The zero-order chi connectivity index (χ0) is 15.2. The average molecular weight is 297 g/mol. The van der Waals surface area contributed by atoms with E-state index in [1.807, 2.05) is 0 Å². The molecule has 0 aromatic heterocycles. The molecule has 116 valence electrons. The highest BCUT2D eigenvalue weighted by Crippen LogP contribution is 2.23. The predicted molar refractivity (Wildman–Crippen MR) is 75.9 cm³/mol. The van der Waals surface area contributed by atoms with Gasteiger partial charge in [0.25, 0.3) is 0 Å². The Labute approximate surface area is 123 Å². The number of methoxy groups -OCH3 is 1. The number of hydrogen-bond donors (Lipinski definition) is 0. The summed E-state index contributed by atoms with van der Waals surface area (Å²) in [6.45, 7) is 1.49. The molecule has 1 amide bonds. The largest absolute Gasteiger partial charge is 0.375 e. The Morgan fingerprint density at radius 1 is 1.38 bits per heavy atom. The molecular weight excluding hydrogens is 276 g/mol. The smallest absolute Gasteiger partial charge is 0.248 e. The number of halogens is 2. The van der Waals surface area contributed by atoms with Crippen LogP contribution in [0.4, 0.5) is 8.78 Å². The Morgan fingerprint density at radius 3 is 2.76 bits per heavy atom. The highest BCUT2D eigenvalue weighted by atomic mass is 19.1. The van der Waals surface area contributed by atoms with Gasteiger partial charge in [-0.1, -0.05) is 6.07 Å². The van der Waals surface area contributed by atoms with Crippen molar-refractivity contribution in [1.82, 2.24) is 4.90 Å². The van der Waals surface area contributed by atoms with E-state index in [-0.39, 0.29) is 18.1 Å². The van der Waals surface area contributed by atoms with Crippen molar-refractivity contribution in [3.8, 4) is 0 Å². The molecule has 5 heteroatoms. The molecule has 0 spiro atoms. The zero-order valence-corrected chi connectivity index (χ0v) is 12.3. The molecule has 0 aliphatic carbocycles. The summed E-state index contributed by atoms with van der Waals surface area (Å²) in [4.78, 5) is 13.6. The highest BCUT2D eigenvalue weighted by molar-refractivity contribution is 5.77. The Kier molecular flexibility index (Phi) is 5.67. The number of nitrogens with zero attached hydrogens (tertiary/aromatic N) is 1. The molecular formula is C16H21F2NO2. The molecule has 1 fully saturated rings. The summed E-state index contributed by atoms with van der Waals surface area (Å²) in [7, 11) is 1.50. The fraction of sp³-hybridized carbons (Fsp3) is 0.562. The summed E-state index contributed by atoms with van der Waals surface area (Å²) < 4.78 is 32.0. The van der Waals surface area contributed by atoms with Crippen LogP contribution in [0.5, 0.6) is 0 Å². The molecule has 0 saturated carbocycles. The van der Waals surface area contributed by atoms with Gasteiger partial charge >= 0.3 is 0 Å². The van der Waals surface area contributed by atoms with Crippen LogP contribution in [0.1, 0.15) is 24.8 Å². The van der Waals surface area contributed by atoms with E-state index in [0.717, 1.165) is 19.4 Å². The zero-order valence-electron chi connectivity index (χ0n) is 12.3. The Morgan fingerprint density at radius 2 is 2.10 bits per heavy atom. The molecule has 0 bridgehead atoms. The van der Waals surface area contributed by atoms with Crippen LogP contribution in [0.15, 0.2) is 18.2 Å². The molecule has 2 rings (SSSR count). The summed E-state index contributed by atoms with van der Waals surface area (Å²) in [6.07, 6.45) is 2.98. The van der Waals surface area contributed by atoms with Gasteiger partial charge in [0.05, 0.1) is 0 Å². The normalized spacial score (nSPS) is 18.8. The molecule has 0 unspecified atom stereocenters. The predicted octanol–water partition coefficient (Wildman–Crippen LogP) is 2.78. The molecule has 1 aliphatic rings. The van der Waals surface area contributed by atoms with Crippen molar-refractivity contribution in [3.63, 3.8) is 0 Å². The van der Waals surface area contributed by atoms with E-state index in [1.54, 1.807) is 4.90 Å². The Bertz CT molecular complexity index is 473. The van der Waals surface area contributed by atoms with Crippen molar-refractivity contribution in [2.75, 3.05) is 26.8 Å². The number of carbonyl (C=O) groups is 1. The van der Waals surface area contributed by atoms with E-state index in [9.17, 15) is 13.6 Å². The van der Waals surface area contributed by atoms with E-state index in [2.05, 4.69) is 0 Å². The maximum Gasteiger partial charge on any atom is 0.248 e. The first-order valence-corrected chi connectivity index (χ1v) is 7.31. The van der Waals surface area contributed by atoms with Gasteiger partial charge in [-0.05, 0) is 43.7 Å². The fourth-order valence-electron chi connectivity index (χ4n) is 2.86. The van der Waals surface area contributed by atoms with E-state index in [4.69, 9.17) is 4.74 Å². The first kappa shape index (κ1) is 15.9. The van der Waals surface area contributed by atoms with Crippen molar-refractivity contribution in [2.45, 2.75) is 25.7 Å². The number of hydrogen-bond acceptors (Lipinski definition) is 2. The lowest BCUT2D eigenvalue weighted by Crippen LogP contribution is -2.41. The monoisotopic (exact) mass is 297 g/mol. The first-order chi connectivity index (χ1) is 10.1. The van der Waals surface area contributed by atoms with Crippen LogP contribution in [0.25, 0.3) is 0 Å². The number of likely N-dealkylation sites (tertiary alicyclic amines) is 1. The number of carbonyl (C=O) groups excluding carboxylic acids is 1. The molecule has 21 heavy (non-hydrogen) atoms. The topological polar surface area (TPSA) is 29.5 Å². The van der Waals surface area contributed by atoms with Crippen LogP contribution in [0.2, 0.25) is 0 Å². The lowest BCUT2D eigenvalue weighted by atomic mass is 9.91. The second-order valence-corrected chi connectivity index (χ2v) is 5.52. The standard InChI is InChI=1S/C16H21F2NO2/c1-21-11-16(20)19-9-3-4-12(10-19)7-8-13-14(17)5-2-6-15(13)18/h2,5-6,12H,3-4,7-11H2,1H3/t12-/m0/s1. The van der Waals surface area contributed by atoms with Crippen molar-refractivity contribution in [1.29, 1.82) is 0 Å². The molecule has 1 saturated heterocycles. The number of benzene rings is 1. The van der Waals surface area contributed by atoms with Gasteiger partial charge in [-0.15, -0.1) is 0 Å². The van der Waals surface area contributed by atoms with E-state index in [0.29, 0.717) is 25.3 Å². The van der Waals surface area contributed by atoms with Crippen LogP contribution in [0, 0.1) is 17.6 Å². The first-order valence-electron chi connectivity index (χ1n) is 7.31. The number of piperidine rings is 1. The molecule has 1 aromatic rings. The van der Waals surface area contributed by atoms with Gasteiger partial charge in [0, 0.05) is 25.8 Å². The fourth-order valence-corrected chi connectivity index (χ4v) is 2.86. The van der Waals surface area contributed by atoms with Gasteiger partial charge in [0.1, 0.15) is 18.2 Å². The molecule has 0 radical (unpaired) electrons. The molecule has 0 N–H and O–H groups in total. The summed E-state index contributed by atoms with van der Waals surface area (Å²) in [5, 5.41) is 0. The quantitative estimate of drug-likeness (QED) is 0.836. The average Bonchev–Trinajstić information content (AvgIpc) is 2.47. The summed E-state index contributed by atoms with van der Waals surface area (Å²) in [6, 6.07) is 3.95. The summed E-state index contributed by atoms with van der Waals surface area (Å²) in [5.41, 5.74) is 0.151. The van der Waals surface area contributed by atoms with Crippen molar-refractivity contribution in [2.24, 2.45) is 5.92 Å². The van der Waals surface area contributed by atoms with Crippen molar-refractivity contribution < 1.29 is 18.3 Å². The van der Waals surface area contributed by atoms with Gasteiger partial charge < -0.3 is 9.64 Å². The second kappa shape index (κ2) is 7.50. The maximum atomic E-state index is 13.6. The van der Waals surface area contributed by atoms with Crippen LogP contribution >= 0.6 is 0 Å². The molecule has 3 nitrogen and oxygen atoms in total. The lowest BCUT2D eigenvalue weighted by molar-refractivity contribution is -0.137. The Balaban J connectivity index is 1.90. The van der Waals surface area contributed by atoms with Gasteiger partial charge in [0.15, 0.2) is 0 Å². The minimum absolute atomic E-state index is 0.0146. The van der Waals surface area contributed by atoms with Crippen LogP contribution in [0.3, 0.4) is 0 Å². The van der Waals surface area contributed by atoms with E-state index < -0.39 is 11.6 Å². The van der Waals surface area contributed by atoms with Crippen molar-refractivity contribution in [3.05, 3.63) is 35.4 Å². The third-order valence-electron chi connectivity index (χ3n) is 4.00. The minimum atomic E-state index is -0.488. The van der Waals surface area contributed by atoms with Gasteiger partial charge in [0.2, 0.25) is 5.91 Å². The molecule has 1 heterocycles. The molecule has 1 atom stereocenters. The number of ether oxygens (including phenoxy) is 1. The lowest BCUT2D eigenvalue weighted by Gasteiger charge is -2.32. The maximum absolute atomic E-state index is 13.6. The van der Waals surface area contributed by atoms with Crippen LogP contribution in [-0.4, -0.2) is 37.6 Å². The summed E-state index contributed by atoms with van der Waals surface area (Å²) >= 11 is 0. The van der Waals surface area contributed by atoms with E-state index in [1.165, 1.54) is 25.3 Å².